The summed E-state index contributed by atoms with van der Waals surface area (Å²) in [7, 11) is 1.73. The van der Waals surface area contributed by atoms with Crippen molar-refractivity contribution in [2.75, 3.05) is 30.4 Å². The highest BCUT2D eigenvalue weighted by Crippen LogP contribution is 2.32. The van der Waals surface area contributed by atoms with E-state index in [0.29, 0.717) is 6.04 Å². The van der Waals surface area contributed by atoms with E-state index in [-0.39, 0.29) is 5.41 Å². The van der Waals surface area contributed by atoms with Gasteiger partial charge in [-0.1, -0.05) is 44.2 Å². The quantitative estimate of drug-likeness (QED) is 0.909. The van der Waals surface area contributed by atoms with Crippen LogP contribution in [0.3, 0.4) is 0 Å². The van der Waals surface area contributed by atoms with Crippen LogP contribution < -0.4 is 15.0 Å². The molecule has 1 saturated heterocycles. The summed E-state index contributed by atoms with van der Waals surface area (Å²) in [6.45, 7) is 8.54. The summed E-state index contributed by atoms with van der Waals surface area (Å²) < 4.78 is 5.48. The Balaban J connectivity index is 1.58. The summed E-state index contributed by atoms with van der Waals surface area (Å²) in [5.74, 6) is 0.947. The second kappa shape index (κ2) is 6.97. The minimum atomic E-state index is 0.0603. The number of para-hydroxylation sites is 2. The molecule has 130 valence electrons. The van der Waals surface area contributed by atoms with E-state index in [4.69, 9.17) is 4.74 Å². The molecule has 2 aromatic rings. The Hall–Kier alpha value is -1.82. The Morgan fingerprint density at radius 2 is 1.88 bits per heavy atom. The molecule has 2 heterocycles. The minimum absolute atomic E-state index is 0.0603. The molecule has 1 aliphatic heterocycles. The van der Waals surface area contributed by atoms with Gasteiger partial charge in [0.2, 0.25) is 5.13 Å². The van der Waals surface area contributed by atoms with Crippen LogP contribution in [0.15, 0.2) is 24.3 Å². The predicted octanol–water partition coefficient (Wildman–Crippen LogP) is 3.93. The molecule has 0 saturated carbocycles. The molecule has 0 bridgehead atoms. The third-order valence-corrected chi connectivity index (χ3v) is 5.60. The zero-order chi connectivity index (χ0) is 17.2. The SMILES string of the molecule is COc1ccccc1N1CCC(Nc2nnc(C(C)(C)C)s2)CC1. The molecular weight excluding hydrogens is 320 g/mol. The molecule has 3 rings (SSSR count). The summed E-state index contributed by atoms with van der Waals surface area (Å²) in [5, 5.41) is 14.2. The Bertz CT molecular complexity index is 672. The van der Waals surface area contributed by atoms with E-state index < -0.39 is 0 Å². The summed E-state index contributed by atoms with van der Waals surface area (Å²) in [6, 6.07) is 8.69. The van der Waals surface area contributed by atoms with Crippen molar-refractivity contribution < 1.29 is 4.74 Å². The first kappa shape index (κ1) is 17.0. The molecule has 1 aromatic carbocycles. The third-order valence-electron chi connectivity index (χ3n) is 4.32. The zero-order valence-corrected chi connectivity index (χ0v) is 15.7. The average molecular weight is 347 g/mol. The van der Waals surface area contributed by atoms with Crippen molar-refractivity contribution in [3.63, 3.8) is 0 Å². The van der Waals surface area contributed by atoms with Crippen molar-refractivity contribution in [1.29, 1.82) is 0 Å². The minimum Gasteiger partial charge on any atom is -0.495 e. The fraction of sp³-hybridized carbons (Fsp3) is 0.556. The van der Waals surface area contributed by atoms with Crippen molar-refractivity contribution in [3.05, 3.63) is 29.3 Å². The first-order valence-corrected chi connectivity index (χ1v) is 9.27. The van der Waals surface area contributed by atoms with Crippen molar-refractivity contribution in [1.82, 2.24) is 10.2 Å². The highest BCUT2D eigenvalue weighted by molar-refractivity contribution is 7.15. The predicted molar refractivity (Wildman–Crippen MR) is 100 cm³/mol. The van der Waals surface area contributed by atoms with Crippen LogP contribution in [0.5, 0.6) is 5.75 Å². The highest BCUT2D eigenvalue weighted by Gasteiger charge is 2.24. The van der Waals surface area contributed by atoms with E-state index in [1.54, 1.807) is 18.4 Å². The first-order chi connectivity index (χ1) is 11.5. The lowest BCUT2D eigenvalue weighted by molar-refractivity contribution is 0.411. The number of nitrogens with zero attached hydrogens (tertiary/aromatic N) is 3. The summed E-state index contributed by atoms with van der Waals surface area (Å²) in [5.41, 5.74) is 1.24. The normalized spacial score (nSPS) is 16.2. The summed E-state index contributed by atoms with van der Waals surface area (Å²) >= 11 is 1.67. The molecule has 0 spiro atoms. The number of aromatic nitrogens is 2. The number of hydrogen-bond acceptors (Lipinski definition) is 6. The molecule has 24 heavy (non-hydrogen) atoms. The lowest BCUT2D eigenvalue weighted by atomic mass is 9.98. The molecule has 0 atom stereocenters. The number of rotatable bonds is 4. The maximum atomic E-state index is 5.48. The van der Waals surface area contributed by atoms with Gasteiger partial charge in [0, 0.05) is 24.5 Å². The van der Waals surface area contributed by atoms with Crippen LogP contribution in [0.4, 0.5) is 10.8 Å². The van der Waals surface area contributed by atoms with Crippen LogP contribution in [0.25, 0.3) is 0 Å². The standard InChI is InChI=1S/C18H26N4OS/c1-18(2,3)16-20-21-17(24-16)19-13-9-11-22(12-10-13)14-7-5-6-8-15(14)23-4/h5-8,13H,9-12H2,1-4H3,(H,19,21). The Morgan fingerprint density at radius 1 is 1.17 bits per heavy atom. The van der Waals surface area contributed by atoms with Crippen molar-refractivity contribution in [2.24, 2.45) is 0 Å². The second-order valence-corrected chi connectivity index (χ2v) is 8.22. The molecular formula is C18H26N4OS. The van der Waals surface area contributed by atoms with Crippen molar-refractivity contribution >= 4 is 22.2 Å². The van der Waals surface area contributed by atoms with Gasteiger partial charge in [-0.05, 0) is 25.0 Å². The molecule has 0 unspecified atom stereocenters. The van der Waals surface area contributed by atoms with Gasteiger partial charge in [-0.25, -0.2) is 0 Å². The van der Waals surface area contributed by atoms with E-state index >= 15 is 0 Å². The average Bonchev–Trinajstić information content (AvgIpc) is 3.04. The lowest BCUT2D eigenvalue weighted by Gasteiger charge is -2.34. The van der Waals surface area contributed by atoms with Crippen molar-refractivity contribution in [2.45, 2.75) is 45.1 Å². The van der Waals surface area contributed by atoms with Gasteiger partial charge in [-0.2, -0.15) is 0 Å². The fourth-order valence-electron chi connectivity index (χ4n) is 2.92. The molecule has 1 aromatic heterocycles. The fourth-order valence-corrected chi connectivity index (χ4v) is 3.79. The van der Waals surface area contributed by atoms with Gasteiger partial charge in [0.25, 0.3) is 0 Å². The smallest absolute Gasteiger partial charge is 0.205 e. The van der Waals surface area contributed by atoms with Gasteiger partial charge >= 0.3 is 0 Å². The topological polar surface area (TPSA) is 50.3 Å². The van der Waals surface area contributed by atoms with Crippen molar-refractivity contribution in [3.8, 4) is 5.75 Å². The Morgan fingerprint density at radius 3 is 2.50 bits per heavy atom. The maximum Gasteiger partial charge on any atom is 0.205 e. The lowest BCUT2D eigenvalue weighted by Crippen LogP contribution is -2.39. The number of ether oxygens (including phenoxy) is 1. The van der Waals surface area contributed by atoms with E-state index in [9.17, 15) is 0 Å². The summed E-state index contributed by atoms with van der Waals surface area (Å²) in [6.07, 6.45) is 2.17. The van der Waals surface area contributed by atoms with Gasteiger partial charge in [-0.3, -0.25) is 0 Å². The van der Waals surface area contributed by atoms with Gasteiger partial charge in [0.05, 0.1) is 12.8 Å². The molecule has 0 radical (unpaired) electrons. The van der Waals surface area contributed by atoms with Crippen LogP contribution >= 0.6 is 11.3 Å². The monoisotopic (exact) mass is 346 g/mol. The van der Waals surface area contributed by atoms with Crippen LogP contribution in [-0.2, 0) is 5.41 Å². The van der Waals surface area contributed by atoms with Gasteiger partial charge < -0.3 is 15.0 Å². The summed E-state index contributed by atoms with van der Waals surface area (Å²) in [4.78, 5) is 2.40. The second-order valence-electron chi connectivity index (χ2n) is 7.24. The van der Waals surface area contributed by atoms with Gasteiger partial charge in [0.15, 0.2) is 0 Å². The molecule has 5 nitrogen and oxygen atoms in total. The number of nitrogens with one attached hydrogen (secondary N) is 1. The number of piperidine rings is 1. The van der Waals surface area contributed by atoms with Gasteiger partial charge in [-0.15, -0.1) is 10.2 Å². The number of methoxy groups -OCH3 is 1. The van der Waals surface area contributed by atoms with Crippen LogP contribution in [0.2, 0.25) is 0 Å². The molecule has 0 aliphatic carbocycles. The number of anilines is 2. The van der Waals surface area contributed by atoms with E-state index in [0.717, 1.165) is 41.8 Å². The Kier molecular flexibility index (Phi) is 4.94. The molecule has 1 N–H and O–H groups in total. The largest absolute Gasteiger partial charge is 0.495 e. The molecule has 1 aliphatic rings. The molecule has 1 fully saturated rings. The van der Waals surface area contributed by atoms with E-state index in [1.807, 2.05) is 12.1 Å². The van der Waals surface area contributed by atoms with E-state index in [1.165, 1.54) is 5.69 Å². The molecule has 0 amide bonds. The van der Waals surface area contributed by atoms with Crippen LogP contribution in [0, 0.1) is 0 Å². The first-order valence-electron chi connectivity index (χ1n) is 8.46. The van der Waals surface area contributed by atoms with E-state index in [2.05, 4.69) is 53.3 Å². The Labute approximate surface area is 148 Å². The third kappa shape index (κ3) is 3.80. The highest BCUT2D eigenvalue weighted by atomic mass is 32.1. The number of benzene rings is 1. The van der Waals surface area contributed by atoms with Crippen LogP contribution in [0.1, 0.15) is 38.6 Å². The molecule has 6 heteroatoms. The maximum absolute atomic E-state index is 5.48. The zero-order valence-electron chi connectivity index (χ0n) is 14.9. The van der Waals surface area contributed by atoms with Gasteiger partial charge in [0.1, 0.15) is 10.8 Å². The van der Waals surface area contributed by atoms with Crippen LogP contribution in [-0.4, -0.2) is 36.4 Å². The number of hydrogen-bond donors (Lipinski definition) is 1.